The monoisotopic (exact) mass is 236 g/mol. The third-order valence-electron chi connectivity index (χ3n) is 2.27. The number of pyridine rings is 1. The second-order valence-corrected chi connectivity index (χ2v) is 3.76. The van der Waals surface area contributed by atoms with Crippen LogP contribution in [0.1, 0.15) is 0 Å². The molecular formula is C12H10ClFN2. The largest absolute Gasteiger partial charge is 0.388 e. The zero-order valence-electron chi connectivity index (χ0n) is 8.67. The number of halogens is 2. The highest BCUT2D eigenvalue weighted by Crippen LogP contribution is 2.26. The van der Waals surface area contributed by atoms with Crippen LogP contribution in [0.5, 0.6) is 0 Å². The highest BCUT2D eigenvalue weighted by atomic mass is 35.5. The van der Waals surface area contributed by atoms with E-state index in [0.29, 0.717) is 10.6 Å². The van der Waals surface area contributed by atoms with Crippen molar-refractivity contribution >= 4 is 17.3 Å². The summed E-state index contributed by atoms with van der Waals surface area (Å²) in [6, 6.07) is 8.98. The van der Waals surface area contributed by atoms with Crippen molar-refractivity contribution in [3.63, 3.8) is 0 Å². The van der Waals surface area contributed by atoms with Crippen LogP contribution in [0.25, 0.3) is 11.1 Å². The number of nitrogens with zero attached hydrogens (tertiary/aromatic N) is 1. The Hall–Kier alpha value is -1.61. The number of rotatable bonds is 2. The van der Waals surface area contributed by atoms with Crippen LogP contribution in [0.4, 0.5) is 10.1 Å². The van der Waals surface area contributed by atoms with Gasteiger partial charge in [-0.25, -0.2) is 4.98 Å². The van der Waals surface area contributed by atoms with Crippen LogP contribution in [0.2, 0.25) is 5.02 Å². The number of anilines is 1. The normalized spacial score (nSPS) is 10.2. The van der Waals surface area contributed by atoms with Crippen molar-refractivity contribution in [3.05, 3.63) is 47.5 Å². The van der Waals surface area contributed by atoms with E-state index < -0.39 is 5.95 Å². The zero-order chi connectivity index (χ0) is 11.5. The molecule has 0 aliphatic carbocycles. The van der Waals surface area contributed by atoms with Crippen LogP contribution in [0.3, 0.4) is 0 Å². The molecule has 2 rings (SSSR count). The number of hydrogen-bond acceptors (Lipinski definition) is 2. The molecular weight excluding hydrogens is 227 g/mol. The molecule has 0 saturated heterocycles. The van der Waals surface area contributed by atoms with E-state index in [0.717, 1.165) is 11.3 Å². The third kappa shape index (κ3) is 2.14. The first-order valence-electron chi connectivity index (χ1n) is 4.80. The van der Waals surface area contributed by atoms with Gasteiger partial charge < -0.3 is 5.32 Å². The second kappa shape index (κ2) is 4.49. The van der Waals surface area contributed by atoms with Crippen molar-refractivity contribution in [2.45, 2.75) is 0 Å². The Morgan fingerprint density at radius 3 is 2.88 bits per heavy atom. The lowest BCUT2D eigenvalue weighted by Crippen LogP contribution is -1.91. The topological polar surface area (TPSA) is 24.9 Å². The van der Waals surface area contributed by atoms with Crippen LogP contribution in [-0.2, 0) is 0 Å². The Bertz CT molecular complexity index is 514. The lowest BCUT2D eigenvalue weighted by atomic mass is 10.1. The summed E-state index contributed by atoms with van der Waals surface area (Å²) >= 11 is 5.80. The number of hydrogen-bond donors (Lipinski definition) is 1. The Balaban J connectivity index is 2.53. The molecule has 2 nitrogen and oxygen atoms in total. The Morgan fingerprint density at radius 2 is 2.12 bits per heavy atom. The molecule has 0 unspecified atom stereocenters. The highest BCUT2D eigenvalue weighted by Gasteiger charge is 2.07. The Kier molecular flexibility index (Phi) is 3.06. The van der Waals surface area contributed by atoms with Gasteiger partial charge in [-0.15, -0.1) is 0 Å². The summed E-state index contributed by atoms with van der Waals surface area (Å²) in [5, 5.41) is 3.42. The first kappa shape index (κ1) is 10.9. The molecule has 1 aromatic carbocycles. The fourth-order valence-corrected chi connectivity index (χ4v) is 1.63. The van der Waals surface area contributed by atoms with E-state index in [1.807, 2.05) is 31.3 Å². The average Bonchev–Trinajstić information content (AvgIpc) is 2.32. The van der Waals surface area contributed by atoms with E-state index in [1.54, 1.807) is 6.07 Å². The number of aromatic nitrogens is 1. The molecule has 16 heavy (non-hydrogen) atoms. The smallest absolute Gasteiger partial charge is 0.220 e. The minimum atomic E-state index is -0.516. The molecule has 0 spiro atoms. The fraction of sp³-hybridized carbons (Fsp3) is 0.0833. The van der Waals surface area contributed by atoms with Gasteiger partial charge in [-0.2, -0.15) is 4.39 Å². The molecule has 2 aromatic rings. The highest BCUT2D eigenvalue weighted by molar-refractivity contribution is 6.30. The maximum Gasteiger partial charge on any atom is 0.220 e. The Labute approximate surface area is 98.1 Å². The summed E-state index contributed by atoms with van der Waals surface area (Å²) in [7, 11) is 1.81. The van der Waals surface area contributed by atoms with E-state index in [4.69, 9.17) is 11.6 Å². The SMILES string of the molecule is CNc1cccc(-c2cc(Cl)cnc2F)c1. The van der Waals surface area contributed by atoms with Gasteiger partial charge in [-0.1, -0.05) is 23.7 Å². The van der Waals surface area contributed by atoms with Crippen molar-refractivity contribution in [1.29, 1.82) is 0 Å². The summed E-state index contributed by atoms with van der Waals surface area (Å²) in [6.45, 7) is 0. The van der Waals surface area contributed by atoms with Crippen molar-refractivity contribution in [2.75, 3.05) is 12.4 Å². The van der Waals surface area contributed by atoms with Gasteiger partial charge in [0.2, 0.25) is 5.95 Å². The molecule has 0 amide bonds. The molecule has 1 N–H and O–H groups in total. The van der Waals surface area contributed by atoms with Crippen molar-refractivity contribution in [1.82, 2.24) is 4.98 Å². The first-order valence-corrected chi connectivity index (χ1v) is 5.18. The van der Waals surface area contributed by atoms with Crippen LogP contribution < -0.4 is 5.32 Å². The van der Waals surface area contributed by atoms with Gasteiger partial charge >= 0.3 is 0 Å². The van der Waals surface area contributed by atoms with Gasteiger partial charge in [0.1, 0.15) is 0 Å². The molecule has 4 heteroatoms. The summed E-state index contributed by atoms with van der Waals surface area (Å²) in [4.78, 5) is 3.59. The predicted octanol–water partition coefficient (Wildman–Crippen LogP) is 3.58. The summed E-state index contributed by atoms with van der Waals surface area (Å²) in [5.41, 5.74) is 2.07. The maximum absolute atomic E-state index is 13.5. The predicted molar refractivity (Wildman–Crippen MR) is 64.2 cm³/mol. The van der Waals surface area contributed by atoms with Crippen molar-refractivity contribution < 1.29 is 4.39 Å². The van der Waals surface area contributed by atoms with E-state index in [2.05, 4.69) is 10.3 Å². The first-order chi connectivity index (χ1) is 7.70. The fourth-order valence-electron chi connectivity index (χ4n) is 1.47. The molecule has 0 aliphatic heterocycles. The standard InChI is InChI=1S/C12H10ClFN2/c1-15-10-4-2-3-8(5-10)11-6-9(13)7-16-12(11)14/h2-7,15H,1H3. The molecule has 0 saturated carbocycles. The van der Waals surface area contributed by atoms with Crippen LogP contribution >= 0.6 is 11.6 Å². The number of benzene rings is 1. The van der Waals surface area contributed by atoms with Gasteiger partial charge in [0.05, 0.1) is 5.02 Å². The van der Waals surface area contributed by atoms with Gasteiger partial charge in [-0.3, -0.25) is 0 Å². The van der Waals surface area contributed by atoms with E-state index in [9.17, 15) is 4.39 Å². The van der Waals surface area contributed by atoms with E-state index >= 15 is 0 Å². The van der Waals surface area contributed by atoms with Crippen molar-refractivity contribution in [3.8, 4) is 11.1 Å². The van der Waals surface area contributed by atoms with Crippen LogP contribution in [-0.4, -0.2) is 12.0 Å². The molecule has 0 atom stereocenters. The molecule has 1 heterocycles. The quantitative estimate of drug-likeness (QED) is 0.807. The Morgan fingerprint density at radius 1 is 1.31 bits per heavy atom. The molecule has 0 fully saturated rings. The third-order valence-corrected chi connectivity index (χ3v) is 2.47. The lowest BCUT2D eigenvalue weighted by Gasteiger charge is -2.06. The van der Waals surface area contributed by atoms with Crippen molar-refractivity contribution in [2.24, 2.45) is 0 Å². The lowest BCUT2D eigenvalue weighted by molar-refractivity contribution is 0.587. The number of nitrogens with one attached hydrogen (secondary N) is 1. The second-order valence-electron chi connectivity index (χ2n) is 3.32. The minimum Gasteiger partial charge on any atom is -0.388 e. The summed E-state index contributed by atoms with van der Waals surface area (Å²) in [6.07, 6.45) is 1.29. The molecule has 0 bridgehead atoms. The maximum atomic E-state index is 13.5. The van der Waals surface area contributed by atoms with Crippen LogP contribution in [0.15, 0.2) is 36.5 Å². The van der Waals surface area contributed by atoms with Gasteiger partial charge in [0, 0.05) is 24.5 Å². The summed E-state index contributed by atoms with van der Waals surface area (Å²) < 4.78 is 13.5. The van der Waals surface area contributed by atoms with E-state index in [-0.39, 0.29) is 0 Å². The molecule has 0 radical (unpaired) electrons. The van der Waals surface area contributed by atoms with Gasteiger partial charge in [-0.05, 0) is 23.8 Å². The zero-order valence-corrected chi connectivity index (χ0v) is 9.42. The average molecular weight is 237 g/mol. The van der Waals surface area contributed by atoms with Crippen LogP contribution in [0, 0.1) is 5.95 Å². The summed E-state index contributed by atoms with van der Waals surface area (Å²) in [5.74, 6) is -0.516. The van der Waals surface area contributed by atoms with E-state index in [1.165, 1.54) is 6.20 Å². The molecule has 1 aromatic heterocycles. The minimum absolute atomic E-state index is 0.407. The molecule has 0 aliphatic rings. The van der Waals surface area contributed by atoms with Gasteiger partial charge in [0.25, 0.3) is 0 Å². The molecule has 82 valence electrons. The van der Waals surface area contributed by atoms with Gasteiger partial charge in [0.15, 0.2) is 0 Å².